The predicted molar refractivity (Wildman–Crippen MR) is 86.4 cm³/mol. The molecule has 118 valence electrons. The third-order valence-corrected chi connectivity index (χ3v) is 6.10. The summed E-state index contributed by atoms with van der Waals surface area (Å²) >= 11 is 0. The lowest BCUT2D eigenvalue weighted by Crippen LogP contribution is -2.51. The number of para-hydroxylation sites is 1. The molecule has 5 nitrogen and oxygen atoms in total. The van der Waals surface area contributed by atoms with Crippen LogP contribution in [0.25, 0.3) is 0 Å². The number of nitrogens with zero attached hydrogens (tertiary/aromatic N) is 2. The molecule has 1 unspecified atom stereocenters. The minimum atomic E-state index is -3.29. The quantitative estimate of drug-likeness (QED) is 0.837. The summed E-state index contributed by atoms with van der Waals surface area (Å²) in [5.41, 5.74) is 7.07. The number of hydrogen-bond acceptors (Lipinski definition) is 4. The Morgan fingerprint density at radius 2 is 1.81 bits per heavy atom. The highest BCUT2D eigenvalue weighted by Crippen LogP contribution is 2.19. The monoisotopic (exact) mass is 311 g/mol. The Morgan fingerprint density at radius 3 is 2.38 bits per heavy atom. The van der Waals surface area contributed by atoms with Crippen LogP contribution in [0, 0.1) is 0 Å². The van der Waals surface area contributed by atoms with Crippen molar-refractivity contribution < 1.29 is 8.42 Å². The molecular weight excluding hydrogens is 286 g/mol. The molecule has 0 aliphatic carbocycles. The molecule has 1 fully saturated rings. The van der Waals surface area contributed by atoms with Crippen LogP contribution in [-0.2, 0) is 15.8 Å². The summed E-state index contributed by atoms with van der Waals surface area (Å²) in [6, 6.07) is 7.67. The summed E-state index contributed by atoms with van der Waals surface area (Å²) in [5.74, 6) is -0.0109. The second kappa shape index (κ2) is 6.77. The molecule has 0 aromatic heterocycles. The van der Waals surface area contributed by atoms with Gasteiger partial charge in [-0.05, 0) is 25.0 Å². The highest BCUT2D eigenvalue weighted by molar-refractivity contribution is 7.88. The number of sulfonamides is 1. The SMILES string of the molecule is CCC(C)N1CCN(S(=O)(=O)Cc2ccccc2N)CC1. The van der Waals surface area contributed by atoms with Crippen molar-refractivity contribution in [1.82, 2.24) is 9.21 Å². The van der Waals surface area contributed by atoms with Crippen LogP contribution < -0.4 is 5.73 Å². The smallest absolute Gasteiger partial charge is 0.218 e. The van der Waals surface area contributed by atoms with E-state index in [1.165, 1.54) is 0 Å². The van der Waals surface area contributed by atoms with Gasteiger partial charge < -0.3 is 5.73 Å². The maximum absolute atomic E-state index is 12.5. The Hall–Kier alpha value is -1.11. The van der Waals surface area contributed by atoms with Gasteiger partial charge >= 0.3 is 0 Å². The Morgan fingerprint density at radius 1 is 1.19 bits per heavy atom. The van der Waals surface area contributed by atoms with E-state index in [4.69, 9.17) is 5.73 Å². The van der Waals surface area contributed by atoms with Gasteiger partial charge in [0.25, 0.3) is 0 Å². The van der Waals surface area contributed by atoms with Crippen molar-refractivity contribution in [2.45, 2.75) is 32.1 Å². The average Bonchev–Trinajstić information content (AvgIpc) is 2.49. The molecule has 0 spiro atoms. The van der Waals surface area contributed by atoms with Crippen molar-refractivity contribution in [3.63, 3.8) is 0 Å². The van der Waals surface area contributed by atoms with E-state index in [1.54, 1.807) is 16.4 Å². The van der Waals surface area contributed by atoms with E-state index in [1.807, 2.05) is 12.1 Å². The van der Waals surface area contributed by atoms with Crippen molar-refractivity contribution in [2.75, 3.05) is 31.9 Å². The summed E-state index contributed by atoms with van der Waals surface area (Å²) in [6.45, 7) is 7.09. The predicted octanol–water partition coefficient (Wildman–Crippen LogP) is 1.51. The van der Waals surface area contributed by atoms with E-state index in [0.717, 1.165) is 19.5 Å². The van der Waals surface area contributed by atoms with Crippen LogP contribution in [-0.4, -0.2) is 49.8 Å². The number of rotatable bonds is 5. The lowest BCUT2D eigenvalue weighted by molar-refractivity contribution is 0.142. The minimum absolute atomic E-state index is 0.0109. The lowest BCUT2D eigenvalue weighted by Gasteiger charge is -2.37. The van der Waals surface area contributed by atoms with Crippen LogP contribution in [0.4, 0.5) is 5.69 Å². The van der Waals surface area contributed by atoms with Crippen LogP contribution in [0.1, 0.15) is 25.8 Å². The molecule has 1 saturated heterocycles. The first-order chi connectivity index (χ1) is 9.94. The van der Waals surface area contributed by atoms with E-state index < -0.39 is 10.0 Å². The average molecular weight is 311 g/mol. The molecule has 1 atom stereocenters. The fourth-order valence-electron chi connectivity index (χ4n) is 2.63. The number of nitrogens with two attached hydrogens (primary N) is 1. The van der Waals surface area contributed by atoms with Gasteiger partial charge in [0.1, 0.15) is 0 Å². The molecule has 1 aromatic carbocycles. The van der Waals surface area contributed by atoms with E-state index in [2.05, 4.69) is 18.7 Å². The van der Waals surface area contributed by atoms with Crippen LogP contribution in [0.3, 0.4) is 0 Å². The summed E-state index contributed by atoms with van der Waals surface area (Å²) < 4.78 is 26.6. The maximum Gasteiger partial charge on any atom is 0.218 e. The topological polar surface area (TPSA) is 66.6 Å². The van der Waals surface area contributed by atoms with Crippen molar-refractivity contribution in [2.24, 2.45) is 0 Å². The fourth-order valence-corrected chi connectivity index (χ4v) is 4.19. The van der Waals surface area contributed by atoms with Gasteiger partial charge in [-0.15, -0.1) is 0 Å². The van der Waals surface area contributed by atoms with Crippen LogP contribution in [0.15, 0.2) is 24.3 Å². The maximum atomic E-state index is 12.5. The van der Waals surface area contributed by atoms with E-state index in [0.29, 0.717) is 30.4 Å². The van der Waals surface area contributed by atoms with Crippen LogP contribution in [0.5, 0.6) is 0 Å². The Bertz CT molecular complexity index is 566. The van der Waals surface area contributed by atoms with Gasteiger partial charge in [0.2, 0.25) is 10.0 Å². The van der Waals surface area contributed by atoms with Gasteiger partial charge in [-0.25, -0.2) is 8.42 Å². The summed E-state index contributed by atoms with van der Waals surface area (Å²) in [7, 11) is -3.29. The molecule has 1 aliphatic heterocycles. The number of nitrogen functional groups attached to an aromatic ring is 1. The molecule has 2 rings (SSSR count). The molecule has 0 radical (unpaired) electrons. The first kappa shape index (κ1) is 16.3. The van der Waals surface area contributed by atoms with E-state index in [-0.39, 0.29) is 5.75 Å². The minimum Gasteiger partial charge on any atom is -0.398 e. The first-order valence-corrected chi connectivity index (χ1v) is 9.10. The number of piperazine rings is 1. The lowest BCUT2D eigenvalue weighted by atomic mass is 10.2. The molecule has 0 saturated carbocycles. The van der Waals surface area contributed by atoms with E-state index >= 15 is 0 Å². The van der Waals surface area contributed by atoms with Crippen LogP contribution >= 0.6 is 0 Å². The van der Waals surface area contributed by atoms with E-state index in [9.17, 15) is 8.42 Å². The first-order valence-electron chi connectivity index (χ1n) is 7.49. The highest BCUT2D eigenvalue weighted by atomic mass is 32.2. The molecule has 0 amide bonds. The third-order valence-electron chi connectivity index (χ3n) is 4.27. The molecule has 1 heterocycles. The van der Waals surface area contributed by atoms with Gasteiger partial charge in [-0.2, -0.15) is 4.31 Å². The van der Waals surface area contributed by atoms with Gasteiger partial charge in [-0.1, -0.05) is 25.1 Å². The Balaban J connectivity index is 2.00. The Labute approximate surface area is 127 Å². The summed E-state index contributed by atoms with van der Waals surface area (Å²) in [5, 5.41) is 0. The van der Waals surface area contributed by atoms with Gasteiger partial charge in [0.15, 0.2) is 0 Å². The third kappa shape index (κ3) is 3.96. The zero-order valence-electron chi connectivity index (χ0n) is 12.8. The second-order valence-electron chi connectivity index (χ2n) is 5.65. The van der Waals surface area contributed by atoms with Crippen LogP contribution in [0.2, 0.25) is 0 Å². The van der Waals surface area contributed by atoms with Crippen molar-refractivity contribution >= 4 is 15.7 Å². The zero-order chi connectivity index (χ0) is 15.5. The summed E-state index contributed by atoms with van der Waals surface area (Å²) in [6.07, 6.45) is 1.09. The molecule has 2 N–H and O–H groups in total. The Kier molecular flexibility index (Phi) is 5.24. The van der Waals surface area contributed by atoms with Crippen molar-refractivity contribution in [3.8, 4) is 0 Å². The molecule has 1 aliphatic rings. The molecule has 1 aromatic rings. The van der Waals surface area contributed by atoms with Gasteiger partial charge in [0.05, 0.1) is 5.75 Å². The van der Waals surface area contributed by atoms with Crippen molar-refractivity contribution in [1.29, 1.82) is 0 Å². The largest absolute Gasteiger partial charge is 0.398 e. The number of benzene rings is 1. The highest BCUT2D eigenvalue weighted by Gasteiger charge is 2.28. The van der Waals surface area contributed by atoms with Gasteiger partial charge in [0, 0.05) is 37.9 Å². The molecule has 0 bridgehead atoms. The number of hydrogen-bond donors (Lipinski definition) is 1. The standard InChI is InChI=1S/C15H25N3O2S/c1-3-13(2)17-8-10-18(11-9-17)21(19,20)12-14-6-4-5-7-15(14)16/h4-7,13H,3,8-12,16H2,1-2H3. The fraction of sp³-hybridized carbons (Fsp3) is 0.600. The normalized spacial score (nSPS) is 19.5. The molecule has 6 heteroatoms. The molecule has 21 heavy (non-hydrogen) atoms. The van der Waals surface area contributed by atoms with Gasteiger partial charge in [-0.3, -0.25) is 4.90 Å². The number of anilines is 1. The molecular formula is C15H25N3O2S. The summed E-state index contributed by atoms with van der Waals surface area (Å²) in [4.78, 5) is 2.35. The second-order valence-corrected chi connectivity index (χ2v) is 7.62. The van der Waals surface area contributed by atoms with Crippen molar-refractivity contribution in [3.05, 3.63) is 29.8 Å². The zero-order valence-corrected chi connectivity index (χ0v) is 13.6.